The monoisotopic (exact) mass is 377 g/mol. The van der Waals surface area contributed by atoms with E-state index in [1.165, 1.54) is 22.7 Å². The third kappa shape index (κ3) is 2.34. The number of epoxide rings is 1. The highest BCUT2D eigenvalue weighted by Crippen LogP contribution is 2.48. The molecule has 2 aromatic rings. The summed E-state index contributed by atoms with van der Waals surface area (Å²) >= 11 is 2.73. The fraction of sp³-hybridized carbons (Fsp3) is 0.500. The van der Waals surface area contributed by atoms with Gasteiger partial charge in [0.15, 0.2) is 0 Å². The Morgan fingerprint density at radius 1 is 1.20 bits per heavy atom. The van der Waals surface area contributed by atoms with E-state index in [4.69, 9.17) is 9.47 Å². The van der Waals surface area contributed by atoms with Gasteiger partial charge in [-0.2, -0.15) is 0 Å². The zero-order valence-corrected chi connectivity index (χ0v) is 15.3. The van der Waals surface area contributed by atoms with Crippen LogP contribution in [0, 0.1) is 0 Å². The second-order valence-electron chi connectivity index (χ2n) is 7.03. The second-order valence-corrected chi connectivity index (χ2v) is 8.92. The van der Waals surface area contributed by atoms with E-state index in [-0.39, 0.29) is 6.10 Å². The first kappa shape index (κ1) is 16.0. The van der Waals surface area contributed by atoms with Crippen LogP contribution in [0.3, 0.4) is 0 Å². The van der Waals surface area contributed by atoms with Crippen LogP contribution in [0.2, 0.25) is 0 Å². The Morgan fingerprint density at radius 2 is 1.76 bits per heavy atom. The predicted molar refractivity (Wildman–Crippen MR) is 94.8 cm³/mol. The number of esters is 1. The van der Waals surface area contributed by atoms with Gasteiger partial charge in [-0.3, -0.25) is 4.90 Å². The summed E-state index contributed by atoms with van der Waals surface area (Å²) in [6.07, 6.45) is 1.97. The van der Waals surface area contributed by atoms with Crippen molar-refractivity contribution in [3.05, 3.63) is 44.8 Å². The normalized spacial score (nSPS) is 33.9. The lowest BCUT2D eigenvalue weighted by Gasteiger charge is -2.38. The van der Waals surface area contributed by atoms with E-state index < -0.39 is 11.6 Å². The molecule has 7 heteroatoms. The molecule has 0 saturated carbocycles. The average Bonchev–Trinajstić information content (AvgIpc) is 2.97. The van der Waals surface area contributed by atoms with Gasteiger partial charge < -0.3 is 14.6 Å². The van der Waals surface area contributed by atoms with Crippen LogP contribution in [-0.2, 0) is 19.9 Å². The number of ether oxygens (including phenoxy) is 2. The fourth-order valence-electron chi connectivity index (χ4n) is 4.32. The van der Waals surface area contributed by atoms with E-state index in [1.54, 1.807) is 12.1 Å². The van der Waals surface area contributed by atoms with Gasteiger partial charge in [0.05, 0.1) is 9.75 Å². The summed E-state index contributed by atoms with van der Waals surface area (Å²) in [5, 5.41) is 15.0. The van der Waals surface area contributed by atoms with Crippen molar-refractivity contribution in [3.63, 3.8) is 0 Å². The van der Waals surface area contributed by atoms with Crippen molar-refractivity contribution < 1.29 is 19.4 Å². The zero-order chi connectivity index (χ0) is 17.2. The number of likely N-dealkylation sites (N-methyl/N-ethyl adjacent to an activating group) is 1. The van der Waals surface area contributed by atoms with Crippen molar-refractivity contribution in [3.8, 4) is 0 Å². The van der Waals surface area contributed by atoms with Gasteiger partial charge in [0, 0.05) is 24.9 Å². The number of carbonyl (C=O) groups is 1. The lowest BCUT2D eigenvalue weighted by Crippen LogP contribution is -2.49. The smallest absolute Gasteiger partial charge is 0.349 e. The standard InChI is InChI=1S/C18H19NO4S2/c1-19-11-8-10(9-12(19)16-15(11)23-16)22-17(20)18(21,13-4-2-6-24-13)14-5-3-7-25-14/h2-7,10-12,15-16,21H,8-9H2,1H3/t10?,11-,12?,15?,16?/m0/s1. The number of piperidine rings is 1. The Kier molecular flexibility index (Phi) is 3.59. The van der Waals surface area contributed by atoms with Crippen LogP contribution >= 0.6 is 22.7 Å². The van der Waals surface area contributed by atoms with Crippen molar-refractivity contribution in [2.24, 2.45) is 0 Å². The van der Waals surface area contributed by atoms with Gasteiger partial charge in [0.2, 0.25) is 5.60 Å². The number of aliphatic hydroxyl groups is 1. The molecule has 5 atom stereocenters. The van der Waals surface area contributed by atoms with Crippen LogP contribution in [0.15, 0.2) is 35.0 Å². The average molecular weight is 377 g/mol. The Balaban J connectivity index is 1.39. The summed E-state index contributed by atoms with van der Waals surface area (Å²) < 4.78 is 11.5. The fourth-order valence-corrected chi connectivity index (χ4v) is 6.04. The molecule has 2 bridgehead atoms. The highest BCUT2D eigenvalue weighted by atomic mass is 32.1. The maximum absolute atomic E-state index is 13.0. The predicted octanol–water partition coefficient (Wildman–Crippen LogP) is 2.20. The van der Waals surface area contributed by atoms with Gasteiger partial charge in [-0.25, -0.2) is 4.79 Å². The molecule has 0 aliphatic carbocycles. The molecule has 3 aliphatic rings. The third-order valence-corrected chi connectivity index (χ3v) is 7.66. The first-order valence-electron chi connectivity index (χ1n) is 8.48. The Hall–Kier alpha value is -1.25. The quantitative estimate of drug-likeness (QED) is 0.654. The molecular formula is C18H19NO4S2. The number of rotatable bonds is 4. The Bertz CT molecular complexity index is 723. The number of thiophene rings is 2. The van der Waals surface area contributed by atoms with Crippen molar-refractivity contribution in [2.45, 2.75) is 48.8 Å². The molecule has 132 valence electrons. The summed E-state index contributed by atoms with van der Waals surface area (Å²) in [7, 11) is 2.12. The van der Waals surface area contributed by atoms with E-state index in [1.807, 2.05) is 22.9 Å². The third-order valence-electron chi connectivity index (χ3n) is 5.70. The number of morpholine rings is 1. The topological polar surface area (TPSA) is 62.3 Å². The number of carbonyl (C=O) groups excluding carboxylic acids is 1. The first-order valence-corrected chi connectivity index (χ1v) is 10.2. The lowest BCUT2D eigenvalue weighted by atomic mass is 9.97. The summed E-state index contributed by atoms with van der Waals surface area (Å²) in [6, 6.07) is 7.88. The minimum atomic E-state index is -1.72. The highest BCUT2D eigenvalue weighted by Gasteiger charge is 2.63. The Morgan fingerprint density at radius 3 is 2.24 bits per heavy atom. The van der Waals surface area contributed by atoms with Crippen molar-refractivity contribution in [2.75, 3.05) is 7.05 Å². The van der Waals surface area contributed by atoms with Crippen molar-refractivity contribution in [1.29, 1.82) is 0 Å². The maximum Gasteiger partial charge on any atom is 0.349 e. The molecule has 3 aliphatic heterocycles. The van der Waals surface area contributed by atoms with Gasteiger partial charge in [-0.05, 0) is 29.9 Å². The summed E-state index contributed by atoms with van der Waals surface area (Å²) in [5.41, 5.74) is -1.72. The van der Waals surface area contributed by atoms with Crippen LogP contribution in [-0.4, -0.2) is 53.4 Å². The molecule has 5 rings (SSSR count). The van der Waals surface area contributed by atoms with Gasteiger partial charge in [0.1, 0.15) is 18.3 Å². The number of fused-ring (bicyclic) bond motifs is 5. The summed E-state index contributed by atoms with van der Waals surface area (Å²) in [4.78, 5) is 16.6. The molecule has 0 radical (unpaired) electrons. The summed E-state index contributed by atoms with van der Waals surface area (Å²) in [5.74, 6) is -0.569. The molecule has 25 heavy (non-hydrogen) atoms. The number of hydrogen-bond acceptors (Lipinski definition) is 7. The number of hydrogen-bond donors (Lipinski definition) is 1. The SMILES string of the molecule is CN1C2CC(OC(=O)C(O)(c3cccs3)c3cccs3)C[C@H]1C1OC12. The molecule has 2 aromatic heterocycles. The molecule has 5 nitrogen and oxygen atoms in total. The number of nitrogens with zero attached hydrogens (tertiary/aromatic N) is 1. The lowest BCUT2D eigenvalue weighted by molar-refractivity contribution is -0.171. The second kappa shape index (κ2) is 5.62. The van der Waals surface area contributed by atoms with Gasteiger partial charge in [0.25, 0.3) is 0 Å². The van der Waals surface area contributed by atoms with Crippen LogP contribution in [0.4, 0.5) is 0 Å². The highest BCUT2D eigenvalue weighted by molar-refractivity contribution is 7.12. The van der Waals surface area contributed by atoms with E-state index in [0.29, 0.717) is 34.0 Å². The van der Waals surface area contributed by atoms with Gasteiger partial charge >= 0.3 is 5.97 Å². The maximum atomic E-state index is 13.0. The summed E-state index contributed by atoms with van der Waals surface area (Å²) in [6.45, 7) is 0. The molecule has 5 heterocycles. The van der Waals surface area contributed by atoms with E-state index in [9.17, 15) is 9.90 Å². The van der Waals surface area contributed by atoms with E-state index >= 15 is 0 Å². The minimum absolute atomic E-state index is 0.165. The first-order chi connectivity index (χ1) is 12.1. The molecule has 1 N–H and O–H groups in total. The molecule has 4 unspecified atom stereocenters. The van der Waals surface area contributed by atoms with Crippen LogP contribution in [0.1, 0.15) is 22.6 Å². The van der Waals surface area contributed by atoms with Crippen LogP contribution < -0.4 is 0 Å². The minimum Gasteiger partial charge on any atom is -0.460 e. The molecule has 0 spiro atoms. The largest absolute Gasteiger partial charge is 0.460 e. The van der Waals surface area contributed by atoms with Crippen LogP contribution in [0.25, 0.3) is 0 Å². The Labute approximate surface area is 153 Å². The molecule has 0 amide bonds. The van der Waals surface area contributed by atoms with Crippen LogP contribution in [0.5, 0.6) is 0 Å². The van der Waals surface area contributed by atoms with Gasteiger partial charge in [-0.1, -0.05) is 12.1 Å². The molecule has 3 saturated heterocycles. The van der Waals surface area contributed by atoms with Gasteiger partial charge in [-0.15, -0.1) is 22.7 Å². The zero-order valence-electron chi connectivity index (χ0n) is 13.7. The van der Waals surface area contributed by atoms with E-state index in [0.717, 1.165) is 12.8 Å². The van der Waals surface area contributed by atoms with Crippen molar-refractivity contribution in [1.82, 2.24) is 4.90 Å². The van der Waals surface area contributed by atoms with Crippen molar-refractivity contribution >= 4 is 28.6 Å². The molecule has 3 fully saturated rings. The molecule has 0 aromatic carbocycles. The molecular weight excluding hydrogens is 358 g/mol. The van der Waals surface area contributed by atoms with E-state index in [2.05, 4.69) is 11.9 Å².